The third-order valence-electron chi connectivity index (χ3n) is 3.69. The normalized spacial score (nSPS) is 18.5. The maximum Gasteiger partial charge on any atom is 0.337 e. The first-order valence-electron chi connectivity index (χ1n) is 6.77. The highest BCUT2D eigenvalue weighted by Gasteiger charge is 2.29. The predicted octanol–water partition coefficient (Wildman–Crippen LogP) is 1.50. The highest BCUT2D eigenvalue weighted by Crippen LogP contribution is 2.22. The van der Waals surface area contributed by atoms with E-state index in [-0.39, 0.29) is 29.5 Å². The fraction of sp³-hybridized carbons (Fsp3) is 0.400. The Morgan fingerprint density at radius 3 is 2.71 bits per heavy atom. The first kappa shape index (κ1) is 15.0. The highest BCUT2D eigenvalue weighted by molar-refractivity contribution is 6.02. The van der Waals surface area contributed by atoms with E-state index < -0.39 is 11.9 Å². The molecule has 0 bridgehead atoms. The Morgan fingerprint density at radius 1 is 1.38 bits per heavy atom. The summed E-state index contributed by atoms with van der Waals surface area (Å²) in [5.74, 6) is -1.86. The zero-order chi connectivity index (χ0) is 15.6. The Balaban J connectivity index is 2.13. The van der Waals surface area contributed by atoms with E-state index in [1.807, 2.05) is 0 Å². The van der Waals surface area contributed by atoms with E-state index >= 15 is 0 Å². The van der Waals surface area contributed by atoms with E-state index in [4.69, 9.17) is 0 Å². The minimum Gasteiger partial charge on any atom is -0.478 e. The van der Waals surface area contributed by atoms with Crippen LogP contribution in [0.25, 0.3) is 0 Å². The average molecular weight is 290 g/mol. The van der Waals surface area contributed by atoms with Gasteiger partial charge in [-0.3, -0.25) is 9.59 Å². The predicted molar refractivity (Wildman–Crippen MR) is 77.1 cm³/mol. The molecular weight excluding hydrogens is 272 g/mol. The van der Waals surface area contributed by atoms with Crippen LogP contribution in [0.15, 0.2) is 18.2 Å². The molecule has 1 heterocycles. The van der Waals surface area contributed by atoms with Gasteiger partial charge in [0.25, 0.3) is 0 Å². The number of nitrogens with zero attached hydrogens (tertiary/aromatic N) is 1. The van der Waals surface area contributed by atoms with Gasteiger partial charge in [0.05, 0.1) is 11.3 Å². The summed E-state index contributed by atoms with van der Waals surface area (Å²) in [5.41, 5.74) is 1.13. The quantitative estimate of drug-likeness (QED) is 0.883. The number of hydrogen-bond donors (Lipinski definition) is 2. The molecule has 0 aromatic heterocycles. The second-order valence-electron chi connectivity index (χ2n) is 5.35. The van der Waals surface area contributed by atoms with Gasteiger partial charge in [-0.2, -0.15) is 0 Å². The van der Waals surface area contributed by atoms with Crippen molar-refractivity contribution in [3.05, 3.63) is 29.3 Å². The van der Waals surface area contributed by atoms with Crippen molar-refractivity contribution in [2.75, 3.05) is 18.9 Å². The fourth-order valence-electron chi connectivity index (χ4n) is 2.35. The summed E-state index contributed by atoms with van der Waals surface area (Å²) in [6, 6.07) is 4.83. The highest BCUT2D eigenvalue weighted by atomic mass is 16.4. The van der Waals surface area contributed by atoms with Crippen molar-refractivity contribution >= 4 is 23.5 Å². The molecule has 6 heteroatoms. The summed E-state index contributed by atoms with van der Waals surface area (Å²) in [6.45, 7) is 2.32. The van der Waals surface area contributed by atoms with Gasteiger partial charge in [0.15, 0.2) is 0 Å². The van der Waals surface area contributed by atoms with E-state index in [0.29, 0.717) is 13.0 Å². The van der Waals surface area contributed by atoms with Crippen LogP contribution in [0.1, 0.15) is 28.8 Å². The van der Waals surface area contributed by atoms with Crippen molar-refractivity contribution in [3.8, 4) is 0 Å². The number of aromatic carboxylic acids is 1. The number of rotatable bonds is 3. The summed E-state index contributed by atoms with van der Waals surface area (Å²) >= 11 is 0. The van der Waals surface area contributed by atoms with Gasteiger partial charge in [-0.05, 0) is 25.5 Å². The van der Waals surface area contributed by atoms with Gasteiger partial charge in [0, 0.05) is 25.9 Å². The number of piperidine rings is 1. The molecule has 2 rings (SSSR count). The van der Waals surface area contributed by atoms with Crippen molar-refractivity contribution < 1.29 is 19.5 Å². The number of carbonyl (C=O) groups excluding carboxylic acids is 2. The molecule has 1 atom stereocenters. The molecule has 1 aromatic rings. The van der Waals surface area contributed by atoms with Crippen LogP contribution in [0.4, 0.5) is 5.69 Å². The van der Waals surface area contributed by atoms with Gasteiger partial charge < -0.3 is 15.3 Å². The number of nitrogens with one attached hydrogen (secondary N) is 1. The van der Waals surface area contributed by atoms with Crippen LogP contribution in [0.5, 0.6) is 0 Å². The van der Waals surface area contributed by atoms with Gasteiger partial charge in [-0.1, -0.05) is 11.6 Å². The van der Waals surface area contributed by atoms with E-state index in [2.05, 4.69) is 5.32 Å². The Morgan fingerprint density at radius 2 is 2.10 bits per heavy atom. The maximum absolute atomic E-state index is 12.2. The van der Waals surface area contributed by atoms with Gasteiger partial charge in [-0.25, -0.2) is 4.79 Å². The summed E-state index contributed by atoms with van der Waals surface area (Å²) in [4.78, 5) is 36.6. The summed E-state index contributed by atoms with van der Waals surface area (Å²) < 4.78 is 0. The monoisotopic (exact) mass is 290 g/mol. The molecule has 1 aliphatic rings. The molecule has 2 amide bonds. The smallest absolute Gasteiger partial charge is 0.337 e. The number of aryl methyl sites for hydroxylation is 1. The van der Waals surface area contributed by atoms with Crippen molar-refractivity contribution in [3.63, 3.8) is 0 Å². The largest absolute Gasteiger partial charge is 0.478 e. The molecule has 1 aromatic carbocycles. The lowest BCUT2D eigenvalue weighted by molar-refractivity contribution is -0.137. The minimum atomic E-state index is -1.09. The number of hydrogen-bond acceptors (Lipinski definition) is 3. The Labute approximate surface area is 122 Å². The van der Waals surface area contributed by atoms with Crippen LogP contribution in [0.2, 0.25) is 0 Å². The van der Waals surface area contributed by atoms with Crippen LogP contribution in [0.3, 0.4) is 0 Å². The van der Waals surface area contributed by atoms with Crippen molar-refractivity contribution in [1.82, 2.24) is 4.90 Å². The minimum absolute atomic E-state index is 0.0580. The number of benzene rings is 1. The van der Waals surface area contributed by atoms with Crippen molar-refractivity contribution in [2.45, 2.75) is 19.8 Å². The number of carboxylic acids is 1. The molecule has 0 radical (unpaired) electrons. The third-order valence-corrected chi connectivity index (χ3v) is 3.69. The average Bonchev–Trinajstić information content (AvgIpc) is 2.43. The molecule has 0 spiro atoms. The van der Waals surface area contributed by atoms with E-state index in [1.54, 1.807) is 31.0 Å². The summed E-state index contributed by atoms with van der Waals surface area (Å²) in [6.07, 6.45) is 0.749. The number of amides is 2. The maximum atomic E-state index is 12.2. The van der Waals surface area contributed by atoms with Crippen LogP contribution < -0.4 is 5.32 Å². The first-order chi connectivity index (χ1) is 9.88. The number of carboxylic acid groups (broad SMARTS) is 1. The van der Waals surface area contributed by atoms with Crippen molar-refractivity contribution in [1.29, 1.82) is 0 Å². The zero-order valence-electron chi connectivity index (χ0n) is 12.0. The molecule has 1 saturated heterocycles. The van der Waals surface area contributed by atoms with Crippen molar-refractivity contribution in [2.24, 2.45) is 5.92 Å². The molecule has 21 heavy (non-hydrogen) atoms. The lowest BCUT2D eigenvalue weighted by Crippen LogP contribution is -2.40. The summed E-state index contributed by atoms with van der Waals surface area (Å²) in [7, 11) is 1.71. The van der Waals surface area contributed by atoms with Crippen LogP contribution in [-0.4, -0.2) is 41.4 Å². The molecular formula is C15H18N2O4. The first-order valence-corrected chi connectivity index (χ1v) is 6.77. The van der Waals surface area contributed by atoms with Crippen LogP contribution in [-0.2, 0) is 9.59 Å². The van der Waals surface area contributed by atoms with E-state index in [1.165, 1.54) is 6.07 Å². The van der Waals surface area contributed by atoms with E-state index in [9.17, 15) is 19.5 Å². The molecule has 2 N–H and O–H groups in total. The molecule has 1 aliphatic heterocycles. The third kappa shape index (κ3) is 3.39. The number of carbonyl (C=O) groups is 3. The van der Waals surface area contributed by atoms with Gasteiger partial charge in [-0.15, -0.1) is 0 Å². The lowest BCUT2D eigenvalue weighted by atomic mass is 9.95. The topological polar surface area (TPSA) is 86.7 Å². The Kier molecular flexibility index (Phi) is 4.26. The van der Waals surface area contributed by atoms with Gasteiger partial charge in [0.2, 0.25) is 11.8 Å². The molecule has 1 fully saturated rings. The molecule has 0 saturated carbocycles. The molecule has 1 unspecified atom stereocenters. The standard InChI is InChI=1S/C15H18N2O4/c1-9-3-4-12(11(7-9)15(20)21)16-14(19)10-5-6-17(2)13(18)8-10/h3-4,7,10H,5-6,8H2,1-2H3,(H,16,19)(H,20,21). The van der Waals surface area contributed by atoms with Gasteiger partial charge in [0.1, 0.15) is 0 Å². The second kappa shape index (κ2) is 5.95. The van der Waals surface area contributed by atoms with Crippen LogP contribution in [0, 0.1) is 12.8 Å². The summed E-state index contributed by atoms with van der Waals surface area (Å²) in [5, 5.41) is 11.8. The fourth-order valence-corrected chi connectivity index (χ4v) is 2.35. The molecule has 112 valence electrons. The number of likely N-dealkylation sites (tertiary alicyclic amines) is 1. The lowest BCUT2D eigenvalue weighted by Gasteiger charge is -2.28. The Bertz CT molecular complexity index is 597. The zero-order valence-corrected chi connectivity index (χ0v) is 12.0. The SMILES string of the molecule is Cc1ccc(NC(=O)C2CCN(C)C(=O)C2)c(C(=O)O)c1. The van der Waals surface area contributed by atoms with Gasteiger partial charge >= 0.3 is 5.97 Å². The van der Waals surface area contributed by atoms with Crippen LogP contribution >= 0.6 is 0 Å². The molecule has 0 aliphatic carbocycles. The van der Waals surface area contributed by atoms with E-state index in [0.717, 1.165) is 5.56 Å². The Hall–Kier alpha value is -2.37. The number of anilines is 1. The second-order valence-corrected chi connectivity index (χ2v) is 5.35. The molecule has 6 nitrogen and oxygen atoms in total.